The third-order valence-corrected chi connectivity index (χ3v) is 7.87. The lowest BCUT2D eigenvalue weighted by molar-refractivity contribution is 0.0997. The maximum atomic E-state index is 13.4. The number of benzene rings is 2. The average Bonchev–Trinajstić information content (AvgIpc) is 3.76. The molecule has 0 saturated heterocycles. The number of imidazole rings is 1. The van der Waals surface area contributed by atoms with Gasteiger partial charge in [-0.2, -0.15) is 5.21 Å². The third kappa shape index (κ3) is 5.17. The van der Waals surface area contributed by atoms with Gasteiger partial charge >= 0.3 is 0 Å². The third-order valence-electron chi connectivity index (χ3n) is 7.01. The van der Waals surface area contributed by atoms with Crippen LogP contribution in [0.3, 0.4) is 0 Å². The molecule has 10 heteroatoms. The number of carbonyl (C=O) groups is 1. The largest absolute Gasteiger partial charge is 0.320 e. The van der Waals surface area contributed by atoms with Gasteiger partial charge in [0.25, 0.3) is 5.91 Å². The van der Waals surface area contributed by atoms with Crippen molar-refractivity contribution in [3.05, 3.63) is 111 Å². The minimum absolute atomic E-state index is 0.124. The highest BCUT2D eigenvalue weighted by atomic mass is 32.1. The lowest BCUT2D eigenvalue weighted by Crippen LogP contribution is -2.25. The van der Waals surface area contributed by atoms with Gasteiger partial charge in [-0.1, -0.05) is 61.5 Å². The molecule has 0 fully saturated rings. The van der Waals surface area contributed by atoms with Crippen molar-refractivity contribution >= 4 is 34.0 Å². The van der Waals surface area contributed by atoms with Crippen molar-refractivity contribution in [1.82, 2.24) is 30.2 Å². The van der Waals surface area contributed by atoms with Gasteiger partial charge < -0.3 is 9.47 Å². The highest BCUT2D eigenvalue weighted by Gasteiger charge is 2.18. The lowest BCUT2D eigenvalue weighted by atomic mass is 9.98. The number of hydrogen-bond acceptors (Lipinski definition) is 7. The minimum atomic E-state index is -0.135. The van der Waals surface area contributed by atoms with Crippen LogP contribution in [-0.4, -0.2) is 43.1 Å². The van der Waals surface area contributed by atoms with Gasteiger partial charge in [0, 0.05) is 31.3 Å². The van der Waals surface area contributed by atoms with Gasteiger partial charge in [-0.05, 0) is 58.0 Å². The number of anilines is 1. The number of nitrogens with one attached hydrogen (secondary N) is 1. The van der Waals surface area contributed by atoms with E-state index in [1.165, 1.54) is 17.4 Å². The molecule has 0 bridgehead atoms. The van der Waals surface area contributed by atoms with Crippen molar-refractivity contribution in [1.29, 1.82) is 0 Å². The summed E-state index contributed by atoms with van der Waals surface area (Å²) in [7, 11) is 1.72. The van der Waals surface area contributed by atoms with Crippen LogP contribution in [0.1, 0.15) is 34.4 Å². The summed E-state index contributed by atoms with van der Waals surface area (Å²) in [5, 5.41) is 16.4. The summed E-state index contributed by atoms with van der Waals surface area (Å²) in [5.41, 5.74) is 5.55. The lowest BCUT2D eigenvalue weighted by Gasteiger charge is -2.15. The van der Waals surface area contributed by atoms with Gasteiger partial charge in [0.05, 0.1) is 10.4 Å². The van der Waals surface area contributed by atoms with Crippen LogP contribution in [0.5, 0.6) is 0 Å². The van der Waals surface area contributed by atoms with E-state index in [4.69, 9.17) is 4.98 Å². The van der Waals surface area contributed by atoms with Crippen LogP contribution in [0, 0.1) is 0 Å². The van der Waals surface area contributed by atoms with Gasteiger partial charge in [0.1, 0.15) is 11.3 Å². The summed E-state index contributed by atoms with van der Waals surface area (Å²) in [6.07, 6.45) is 1.62. The van der Waals surface area contributed by atoms with E-state index in [9.17, 15) is 9.59 Å². The number of hydrogen-bond donors (Lipinski definition) is 1. The molecular weight excluding hydrogens is 534 g/mol. The maximum Gasteiger partial charge on any atom is 0.268 e. The predicted octanol–water partition coefficient (Wildman–Crippen LogP) is 5.58. The van der Waals surface area contributed by atoms with Crippen LogP contribution in [0.4, 0.5) is 5.69 Å². The Hall–Kier alpha value is -4.96. The number of rotatable bonds is 8. The second-order valence-corrected chi connectivity index (χ2v) is 10.6. The summed E-state index contributed by atoms with van der Waals surface area (Å²) in [6.45, 7) is 2.59. The average molecular weight is 562 g/mol. The first-order valence-electron chi connectivity index (χ1n) is 13.3. The molecule has 0 aliphatic rings. The summed E-state index contributed by atoms with van der Waals surface area (Å²) >= 11 is 1.39. The van der Waals surface area contributed by atoms with E-state index >= 15 is 0 Å². The number of H-pyrrole nitrogens is 1. The minimum Gasteiger partial charge on any atom is -0.320 e. The van der Waals surface area contributed by atoms with Crippen LogP contribution in [-0.2, 0) is 13.0 Å². The number of amides is 1. The van der Waals surface area contributed by atoms with Crippen LogP contribution in [0.25, 0.3) is 33.5 Å². The fourth-order valence-electron chi connectivity index (χ4n) is 4.96. The number of nitrogens with zero attached hydrogens (tertiary/aromatic N) is 6. The number of fused-ring (bicyclic) bond motifs is 1. The molecule has 204 valence electrons. The molecule has 0 radical (unpaired) electrons. The standard InChI is InChI=1S/C31H27N7O2S/c1-3-7-28-32-25-18-22(37(2)31(40)27-10-6-17-41-27)15-16-26(39)29(25)38(28)19-20-11-13-21(14-12-20)23-8-4-5-9-24(23)30-33-35-36-34-30/h4-6,8-18H,3,7,19H2,1-2H3,(H,33,34,35,36). The zero-order valence-corrected chi connectivity index (χ0v) is 23.4. The molecule has 6 rings (SSSR count). The Balaban J connectivity index is 1.36. The zero-order valence-electron chi connectivity index (χ0n) is 22.6. The molecule has 0 unspecified atom stereocenters. The highest BCUT2D eigenvalue weighted by molar-refractivity contribution is 7.12. The smallest absolute Gasteiger partial charge is 0.268 e. The molecular formula is C31H27N7O2S. The molecule has 6 aromatic rings. The van der Waals surface area contributed by atoms with Gasteiger partial charge in [0.15, 0.2) is 0 Å². The van der Waals surface area contributed by atoms with Gasteiger partial charge in [-0.3, -0.25) is 9.59 Å². The number of aryl methyl sites for hydroxylation is 1. The van der Waals surface area contributed by atoms with Crippen LogP contribution < -0.4 is 10.3 Å². The van der Waals surface area contributed by atoms with Crippen molar-refractivity contribution in [2.75, 3.05) is 11.9 Å². The van der Waals surface area contributed by atoms with Crippen LogP contribution >= 0.6 is 11.3 Å². The monoisotopic (exact) mass is 561 g/mol. The van der Waals surface area contributed by atoms with E-state index in [-0.39, 0.29) is 11.3 Å². The van der Waals surface area contributed by atoms with Crippen molar-refractivity contribution in [2.24, 2.45) is 0 Å². The second-order valence-electron chi connectivity index (χ2n) is 9.68. The van der Waals surface area contributed by atoms with E-state index in [1.54, 1.807) is 24.1 Å². The van der Waals surface area contributed by atoms with Gasteiger partial charge in [-0.15, -0.1) is 21.5 Å². The zero-order chi connectivity index (χ0) is 28.3. The Morgan fingerprint density at radius 3 is 2.51 bits per heavy atom. The maximum absolute atomic E-state index is 13.4. The topological polar surface area (TPSA) is 110 Å². The van der Waals surface area contributed by atoms with Gasteiger partial charge in [-0.25, -0.2) is 4.98 Å². The Kier molecular flexibility index (Phi) is 7.22. The first-order valence-corrected chi connectivity index (χ1v) is 14.2. The van der Waals surface area contributed by atoms with Crippen LogP contribution in [0.2, 0.25) is 0 Å². The molecule has 0 atom stereocenters. The summed E-state index contributed by atoms with van der Waals surface area (Å²) in [5.74, 6) is 1.26. The van der Waals surface area contributed by atoms with E-state index in [1.807, 2.05) is 46.3 Å². The Labute approximate surface area is 240 Å². The van der Waals surface area contributed by atoms with Crippen LogP contribution in [0.15, 0.2) is 89.0 Å². The van der Waals surface area contributed by atoms with Crippen molar-refractivity contribution in [3.8, 4) is 22.5 Å². The van der Waals surface area contributed by atoms with E-state index in [2.05, 4.69) is 51.8 Å². The normalized spacial score (nSPS) is 11.2. The molecule has 3 heterocycles. The number of aromatic amines is 1. The van der Waals surface area contributed by atoms with E-state index in [0.717, 1.165) is 40.9 Å². The summed E-state index contributed by atoms with van der Waals surface area (Å²) in [6, 6.07) is 24.9. The summed E-state index contributed by atoms with van der Waals surface area (Å²) < 4.78 is 2.01. The SMILES string of the molecule is CCCc1nc2cc(N(C)C(=O)c3cccs3)ccc(=O)c2n1Cc1ccc(-c2ccccc2-c2nn[nH]n2)cc1. The first kappa shape index (κ1) is 26.3. The number of tetrazole rings is 1. The Morgan fingerprint density at radius 1 is 1.00 bits per heavy atom. The number of thiophene rings is 1. The molecule has 9 nitrogen and oxygen atoms in total. The fourth-order valence-corrected chi connectivity index (χ4v) is 5.66. The molecule has 0 saturated carbocycles. The van der Waals surface area contributed by atoms with E-state index in [0.29, 0.717) is 34.0 Å². The molecule has 0 aliphatic heterocycles. The first-order chi connectivity index (χ1) is 20.0. The molecule has 0 spiro atoms. The predicted molar refractivity (Wildman–Crippen MR) is 161 cm³/mol. The van der Waals surface area contributed by atoms with E-state index < -0.39 is 0 Å². The Bertz CT molecular complexity index is 1880. The Morgan fingerprint density at radius 2 is 1.80 bits per heavy atom. The number of carbonyl (C=O) groups excluding carboxylic acids is 1. The number of aromatic nitrogens is 6. The quantitative estimate of drug-likeness (QED) is 0.260. The molecule has 3 aromatic heterocycles. The van der Waals surface area contributed by atoms with Crippen molar-refractivity contribution in [3.63, 3.8) is 0 Å². The molecule has 1 amide bonds. The second kappa shape index (κ2) is 11.3. The summed E-state index contributed by atoms with van der Waals surface area (Å²) in [4.78, 5) is 33.4. The molecule has 41 heavy (non-hydrogen) atoms. The molecule has 3 aromatic carbocycles. The molecule has 1 N–H and O–H groups in total. The van der Waals surface area contributed by atoms with Crippen molar-refractivity contribution < 1.29 is 4.79 Å². The molecule has 0 aliphatic carbocycles. The van der Waals surface area contributed by atoms with Crippen molar-refractivity contribution in [2.45, 2.75) is 26.3 Å². The highest BCUT2D eigenvalue weighted by Crippen LogP contribution is 2.30. The van der Waals surface area contributed by atoms with Gasteiger partial charge in [0.2, 0.25) is 11.3 Å². The fraction of sp³-hybridized carbons (Fsp3) is 0.161.